The molecule has 0 aromatic carbocycles. The molecular weight excluding hydrogens is 164 g/mol. The Labute approximate surface area is 79.5 Å². The number of hydrogen-bond acceptors (Lipinski definition) is 2. The molecule has 0 fully saturated rings. The lowest BCUT2D eigenvalue weighted by Crippen LogP contribution is -1.92. The zero-order valence-corrected chi connectivity index (χ0v) is 8.30. The standard InChI is InChI=1S/C11H16O2/c1-4-10-11(8-9(2)3)13-7-5-6-12-10/h4,8H,1,5-7H2,2-3H3. The van der Waals surface area contributed by atoms with Crippen molar-refractivity contribution in [2.75, 3.05) is 13.2 Å². The summed E-state index contributed by atoms with van der Waals surface area (Å²) >= 11 is 0. The van der Waals surface area contributed by atoms with Gasteiger partial charge in [-0.15, -0.1) is 0 Å². The molecule has 2 nitrogen and oxygen atoms in total. The molecule has 0 spiro atoms. The van der Waals surface area contributed by atoms with Crippen LogP contribution in [0.4, 0.5) is 0 Å². The van der Waals surface area contributed by atoms with E-state index < -0.39 is 0 Å². The van der Waals surface area contributed by atoms with Crippen LogP contribution in [0.3, 0.4) is 0 Å². The molecular formula is C11H16O2. The van der Waals surface area contributed by atoms with E-state index >= 15 is 0 Å². The third-order valence-electron chi connectivity index (χ3n) is 1.65. The molecule has 0 saturated carbocycles. The van der Waals surface area contributed by atoms with Crippen molar-refractivity contribution in [2.24, 2.45) is 0 Å². The highest BCUT2D eigenvalue weighted by Crippen LogP contribution is 2.16. The van der Waals surface area contributed by atoms with E-state index in [2.05, 4.69) is 6.58 Å². The molecule has 0 bridgehead atoms. The Bertz CT molecular complexity index is 245. The fraction of sp³-hybridized carbons (Fsp3) is 0.455. The lowest BCUT2D eigenvalue weighted by molar-refractivity contribution is 0.214. The SMILES string of the molecule is C=CC1=C(C=C(C)C)OCCCO1. The molecule has 2 heteroatoms. The van der Waals surface area contributed by atoms with Crippen molar-refractivity contribution < 1.29 is 9.47 Å². The van der Waals surface area contributed by atoms with Crippen molar-refractivity contribution in [1.29, 1.82) is 0 Å². The topological polar surface area (TPSA) is 18.5 Å². The quantitative estimate of drug-likeness (QED) is 0.650. The molecule has 0 aromatic heterocycles. The molecule has 0 radical (unpaired) electrons. The van der Waals surface area contributed by atoms with Gasteiger partial charge in [-0.3, -0.25) is 0 Å². The highest BCUT2D eigenvalue weighted by molar-refractivity contribution is 5.25. The van der Waals surface area contributed by atoms with Crippen LogP contribution in [0.25, 0.3) is 0 Å². The normalized spacial score (nSPS) is 16.8. The van der Waals surface area contributed by atoms with E-state index in [9.17, 15) is 0 Å². The molecule has 0 unspecified atom stereocenters. The number of hydrogen-bond donors (Lipinski definition) is 0. The van der Waals surface area contributed by atoms with Gasteiger partial charge in [-0.25, -0.2) is 0 Å². The van der Waals surface area contributed by atoms with Crippen LogP contribution in [0.5, 0.6) is 0 Å². The van der Waals surface area contributed by atoms with E-state index in [0.29, 0.717) is 6.61 Å². The zero-order valence-electron chi connectivity index (χ0n) is 8.30. The lowest BCUT2D eigenvalue weighted by Gasteiger charge is -2.06. The summed E-state index contributed by atoms with van der Waals surface area (Å²) in [6.45, 7) is 9.18. The summed E-state index contributed by atoms with van der Waals surface area (Å²) in [5, 5.41) is 0. The van der Waals surface area contributed by atoms with Crippen molar-refractivity contribution in [3.8, 4) is 0 Å². The van der Waals surface area contributed by atoms with Gasteiger partial charge in [0.25, 0.3) is 0 Å². The largest absolute Gasteiger partial charge is 0.490 e. The molecule has 72 valence electrons. The van der Waals surface area contributed by atoms with Gasteiger partial charge in [0.1, 0.15) is 0 Å². The van der Waals surface area contributed by atoms with E-state index in [1.807, 2.05) is 19.9 Å². The summed E-state index contributed by atoms with van der Waals surface area (Å²) in [5.41, 5.74) is 1.19. The van der Waals surface area contributed by atoms with Gasteiger partial charge in [0.2, 0.25) is 0 Å². The second-order valence-electron chi connectivity index (χ2n) is 3.20. The van der Waals surface area contributed by atoms with Crippen molar-refractivity contribution >= 4 is 0 Å². The maximum atomic E-state index is 5.52. The number of ether oxygens (including phenoxy) is 2. The highest BCUT2D eigenvalue weighted by Gasteiger charge is 2.08. The lowest BCUT2D eigenvalue weighted by atomic mass is 10.2. The fourth-order valence-electron chi connectivity index (χ4n) is 1.10. The average Bonchev–Trinajstić information content (AvgIpc) is 2.28. The Morgan fingerprint density at radius 2 is 1.85 bits per heavy atom. The maximum absolute atomic E-state index is 5.52. The molecule has 1 aliphatic heterocycles. The van der Waals surface area contributed by atoms with Crippen LogP contribution in [0, 0.1) is 0 Å². The molecule has 0 N–H and O–H groups in total. The monoisotopic (exact) mass is 180 g/mol. The van der Waals surface area contributed by atoms with Crippen molar-refractivity contribution in [3.05, 3.63) is 35.8 Å². The third kappa shape index (κ3) is 2.98. The Kier molecular flexibility index (Phi) is 3.62. The van der Waals surface area contributed by atoms with Gasteiger partial charge in [-0.2, -0.15) is 0 Å². The van der Waals surface area contributed by atoms with Crippen LogP contribution in [0.15, 0.2) is 35.8 Å². The summed E-state index contributed by atoms with van der Waals surface area (Å²) in [5.74, 6) is 1.55. The maximum Gasteiger partial charge on any atom is 0.161 e. The predicted octanol–water partition coefficient (Wildman–Crippen LogP) is 2.79. The highest BCUT2D eigenvalue weighted by atomic mass is 16.5. The summed E-state index contributed by atoms with van der Waals surface area (Å²) in [6.07, 6.45) is 4.60. The Morgan fingerprint density at radius 1 is 1.23 bits per heavy atom. The van der Waals surface area contributed by atoms with Crippen molar-refractivity contribution in [2.45, 2.75) is 20.3 Å². The molecule has 0 saturated heterocycles. The van der Waals surface area contributed by atoms with Crippen LogP contribution in [0.2, 0.25) is 0 Å². The first-order valence-electron chi connectivity index (χ1n) is 4.51. The molecule has 1 aliphatic rings. The van der Waals surface area contributed by atoms with Gasteiger partial charge < -0.3 is 9.47 Å². The molecule has 0 aromatic rings. The van der Waals surface area contributed by atoms with E-state index in [-0.39, 0.29) is 0 Å². The van der Waals surface area contributed by atoms with E-state index in [4.69, 9.17) is 9.47 Å². The van der Waals surface area contributed by atoms with Crippen molar-refractivity contribution in [3.63, 3.8) is 0 Å². The minimum Gasteiger partial charge on any atom is -0.490 e. The van der Waals surface area contributed by atoms with Gasteiger partial charge in [0.15, 0.2) is 11.5 Å². The minimum atomic E-state index is 0.710. The summed E-state index contributed by atoms with van der Waals surface area (Å²) in [6, 6.07) is 0. The predicted molar refractivity (Wildman–Crippen MR) is 53.2 cm³/mol. The van der Waals surface area contributed by atoms with Gasteiger partial charge in [-0.05, 0) is 26.0 Å². The minimum absolute atomic E-state index is 0.710. The smallest absolute Gasteiger partial charge is 0.161 e. The molecule has 0 aliphatic carbocycles. The first kappa shape index (κ1) is 9.90. The Hall–Kier alpha value is -1.18. The summed E-state index contributed by atoms with van der Waals surface area (Å²) in [4.78, 5) is 0. The van der Waals surface area contributed by atoms with E-state index in [1.54, 1.807) is 6.08 Å². The fourth-order valence-corrected chi connectivity index (χ4v) is 1.10. The first-order valence-corrected chi connectivity index (χ1v) is 4.51. The second kappa shape index (κ2) is 4.75. The molecule has 13 heavy (non-hydrogen) atoms. The van der Waals surface area contributed by atoms with Gasteiger partial charge >= 0.3 is 0 Å². The van der Waals surface area contributed by atoms with Crippen LogP contribution in [0.1, 0.15) is 20.3 Å². The Balaban J connectivity index is 2.88. The van der Waals surface area contributed by atoms with Gasteiger partial charge in [-0.1, -0.05) is 12.2 Å². The summed E-state index contributed by atoms with van der Waals surface area (Å²) < 4.78 is 11.0. The molecule has 1 rings (SSSR count). The summed E-state index contributed by atoms with van der Waals surface area (Å²) in [7, 11) is 0. The van der Waals surface area contributed by atoms with Gasteiger partial charge in [0, 0.05) is 6.42 Å². The zero-order chi connectivity index (χ0) is 9.68. The first-order chi connectivity index (χ1) is 6.24. The van der Waals surface area contributed by atoms with E-state index in [1.165, 1.54) is 5.57 Å². The number of rotatable bonds is 2. The second-order valence-corrected chi connectivity index (χ2v) is 3.20. The van der Waals surface area contributed by atoms with E-state index in [0.717, 1.165) is 24.5 Å². The molecule has 1 heterocycles. The Morgan fingerprint density at radius 3 is 2.38 bits per heavy atom. The van der Waals surface area contributed by atoms with Gasteiger partial charge in [0.05, 0.1) is 13.2 Å². The molecule has 0 atom stereocenters. The van der Waals surface area contributed by atoms with Crippen LogP contribution in [-0.4, -0.2) is 13.2 Å². The number of allylic oxidation sites excluding steroid dienone is 3. The van der Waals surface area contributed by atoms with Crippen LogP contribution < -0.4 is 0 Å². The molecule has 0 amide bonds. The third-order valence-corrected chi connectivity index (χ3v) is 1.65. The van der Waals surface area contributed by atoms with Crippen LogP contribution in [-0.2, 0) is 9.47 Å². The van der Waals surface area contributed by atoms with Crippen LogP contribution >= 0.6 is 0 Å². The van der Waals surface area contributed by atoms with Crippen molar-refractivity contribution in [1.82, 2.24) is 0 Å². The average molecular weight is 180 g/mol.